The van der Waals surface area contributed by atoms with Crippen molar-refractivity contribution in [2.75, 3.05) is 32.7 Å². The van der Waals surface area contributed by atoms with Crippen molar-refractivity contribution >= 4 is 15.9 Å². The maximum Gasteiger partial charge on any atom is 0.243 e. The number of piperazine rings is 1. The van der Waals surface area contributed by atoms with Crippen LogP contribution < -0.4 is 5.32 Å². The van der Waals surface area contributed by atoms with Crippen LogP contribution in [0.25, 0.3) is 0 Å². The van der Waals surface area contributed by atoms with Crippen molar-refractivity contribution in [2.45, 2.75) is 38.6 Å². The van der Waals surface area contributed by atoms with Gasteiger partial charge in [0, 0.05) is 26.2 Å². The van der Waals surface area contributed by atoms with Gasteiger partial charge in [0.1, 0.15) is 0 Å². The molecule has 1 amide bonds. The van der Waals surface area contributed by atoms with Crippen LogP contribution in [0.5, 0.6) is 0 Å². The van der Waals surface area contributed by atoms with Crippen LogP contribution in [-0.4, -0.2) is 56.3 Å². The zero-order chi connectivity index (χ0) is 25.9. The van der Waals surface area contributed by atoms with Gasteiger partial charge in [0.2, 0.25) is 15.9 Å². The predicted octanol–water partition coefficient (Wildman–Crippen LogP) is 4.13. The highest BCUT2D eigenvalue weighted by Crippen LogP contribution is 2.29. The Morgan fingerprint density at radius 1 is 0.806 bits per heavy atom. The standard InChI is InChI=1S/C29H35N3O3S/c1-21-19-22(2)24(4)29(23(21)3)36(34,35)32-17-15-31(16-18-32)20-27(33)30-28(25-11-7-5-8-12-25)26-13-9-6-10-14-26/h5-14,19,28H,15-18,20H2,1-4H3,(H,30,33). The summed E-state index contributed by atoms with van der Waals surface area (Å²) in [5.74, 6) is -0.0787. The first-order chi connectivity index (χ1) is 17.2. The Kier molecular flexibility index (Phi) is 7.93. The van der Waals surface area contributed by atoms with Gasteiger partial charge in [0.15, 0.2) is 0 Å². The van der Waals surface area contributed by atoms with Gasteiger partial charge < -0.3 is 5.32 Å². The second-order valence-corrected chi connectivity index (χ2v) is 11.5. The molecule has 1 saturated heterocycles. The minimum Gasteiger partial charge on any atom is -0.344 e. The average molecular weight is 506 g/mol. The molecule has 0 spiro atoms. The first kappa shape index (κ1) is 26.1. The zero-order valence-corrected chi connectivity index (χ0v) is 22.3. The van der Waals surface area contributed by atoms with E-state index in [1.165, 1.54) is 0 Å². The molecule has 1 heterocycles. The van der Waals surface area contributed by atoms with Gasteiger partial charge in [-0.05, 0) is 61.1 Å². The van der Waals surface area contributed by atoms with Gasteiger partial charge in [-0.2, -0.15) is 4.31 Å². The highest BCUT2D eigenvalue weighted by Gasteiger charge is 2.32. The molecule has 1 N–H and O–H groups in total. The maximum atomic E-state index is 13.5. The second-order valence-electron chi connectivity index (χ2n) is 9.59. The van der Waals surface area contributed by atoms with Crippen molar-refractivity contribution in [3.63, 3.8) is 0 Å². The normalized spacial score (nSPS) is 15.2. The van der Waals surface area contributed by atoms with Crippen molar-refractivity contribution in [1.29, 1.82) is 0 Å². The molecule has 0 atom stereocenters. The van der Waals surface area contributed by atoms with Gasteiger partial charge in [0.25, 0.3) is 0 Å². The van der Waals surface area contributed by atoms with E-state index in [1.54, 1.807) is 4.31 Å². The van der Waals surface area contributed by atoms with Gasteiger partial charge in [-0.25, -0.2) is 8.42 Å². The third-order valence-electron chi connectivity index (χ3n) is 7.16. The molecule has 1 aliphatic heterocycles. The van der Waals surface area contributed by atoms with Crippen LogP contribution in [0, 0.1) is 27.7 Å². The molecule has 0 unspecified atom stereocenters. The predicted molar refractivity (Wildman–Crippen MR) is 143 cm³/mol. The lowest BCUT2D eigenvalue weighted by Crippen LogP contribution is -2.51. The van der Waals surface area contributed by atoms with Gasteiger partial charge in [-0.15, -0.1) is 0 Å². The Labute approximate surface area is 215 Å². The van der Waals surface area contributed by atoms with Crippen molar-refractivity contribution in [1.82, 2.24) is 14.5 Å². The lowest BCUT2D eigenvalue weighted by atomic mass is 9.99. The highest BCUT2D eigenvalue weighted by atomic mass is 32.2. The van der Waals surface area contributed by atoms with E-state index >= 15 is 0 Å². The molecular weight excluding hydrogens is 470 g/mol. The molecule has 0 aromatic heterocycles. The number of carbonyl (C=O) groups excluding carboxylic acids is 1. The van der Waals surface area contributed by atoms with Crippen LogP contribution >= 0.6 is 0 Å². The van der Waals surface area contributed by atoms with Crippen molar-refractivity contribution in [3.05, 3.63) is 100 Å². The van der Waals surface area contributed by atoms with E-state index in [4.69, 9.17) is 0 Å². The number of hydrogen-bond acceptors (Lipinski definition) is 4. The van der Waals surface area contributed by atoms with Crippen molar-refractivity contribution < 1.29 is 13.2 Å². The number of benzene rings is 3. The van der Waals surface area contributed by atoms with Gasteiger partial charge in [-0.3, -0.25) is 9.69 Å². The van der Waals surface area contributed by atoms with Crippen molar-refractivity contribution in [3.8, 4) is 0 Å². The summed E-state index contributed by atoms with van der Waals surface area (Å²) in [6.45, 7) is 9.64. The Bertz CT molecular complexity index is 1250. The summed E-state index contributed by atoms with van der Waals surface area (Å²) in [7, 11) is -3.61. The second kappa shape index (κ2) is 10.9. The molecular formula is C29H35N3O3S. The molecule has 0 saturated carbocycles. The van der Waals surface area contributed by atoms with Crippen LogP contribution in [0.3, 0.4) is 0 Å². The number of hydrogen-bond donors (Lipinski definition) is 1. The summed E-state index contributed by atoms with van der Waals surface area (Å²) in [6.07, 6.45) is 0. The number of rotatable bonds is 7. The summed E-state index contributed by atoms with van der Waals surface area (Å²) >= 11 is 0. The summed E-state index contributed by atoms with van der Waals surface area (Å²) in [5, 5.41) is 3.18. The fourth-order valence-corrected chi connectivity index (χ4v) is 6.88. The monoisotopic (exact) mass is 505 g/mol. The van der Waals surface area contributed by atoms with E-state index < -0.39 is 10.0 Å². The van der Waals surface area contributed by atoms with E-state index in [9.17, 15) is 13.2 Å². The Morgan fingerprint density at radius 3 is 1.75 bits per heavy atom. The number of nitrogens with zero attached hydrogens (tertiary/aromatic N) is 2. The molecule has 1 aliphatic rings. The fourth-order valence-electron chi connectivity index (χ4n) is 4.88. The summed E-state index contributed by atoms with van der Waals surface area (Å²) in [4.78, 5) is 15.5. The number of aryl methyl sites for hydroxylation is 2. The molecule has 3 aromatic rings. The SMILES string of the molecule is Cc1cc(C)c(C)c(S(=O)(=O)N2CCN(CC(=O)NC(c3ccccc3)c3ccccc3)CC2)c1C. The number of nitrogens with one attached hydrogen (secondary N) is 1. The molecule has 0 radical (unpaired) electrons. The van der Waals surface area contributed by atoms with Gasteiger partial charge in [-0.1, -0.05) is 66.7 Å². The van der Waals surface area contributed by atoms with E-state index in [0.29, 0.717) is 31.1 Å². The third-order valence-corrected chi connectivity index (χ3v) is 9.34. The average Bonchev–Trinajstić information content (AvgIpc) is 2.87. The molecule has 1 fully saturated rings. The van der Waals surface area contributed by atoms with Crippen LogP contribution in [0.2, 0.25) is 0 Å². The minimum atomic E-state index is -3.61. The Hall–Kier alpha value is -3.00. The zero-order valence-electron chi connectivity index (χ0n) is 21.5. The largest absolute Gasteiger partial charge is 0.344 e. The first-order valence-electron chi connectivity index (χ1n) is 12.4. The molecule has 190 valence electrons. The van der Waals surface area contributed by atoms with E-state index in [-0.39, 0.29) is 18.5 Å². The third kappa shape index (κ3) is 5.53. The Balaban J connectivity index is 1.42. The van der Waals surface area contributed by atoms with Crippen LogP contribution in [0.4, 0.5) is 0 Å². The molecule has 0 aliphatic carbocycles. The summed E-state index contributed by atoms with van der Waals surface area (Å²) < 4.78 is 28.7. The molecule has 3 aromatic carbocycles. The lowest BCUT2D eigenvalue weighted by molar-refractivity contribution is -0.123. The molecule has 0 bridgehead atoms. The summed E-state index contributed by atoms with van der Waals surface area (Å²) in [6, 6.07) is 21.6. The Morgan fingerprint density at radius 2 is 1.28 bits per heavy atom. The van der Waals surface area contributed by atoms with E-state index in [2.05, 4.69) is 5.32 Å². The fraction of sp³-hybridized carbons (Fsp3) is 0.345. The summed E-state index contributed by atoms with van der Waals surface area (Å²) in [5.41, 5.74) is 5.64. The van der Waals surface area contributed by atoms with E-state index in [1.807, 2.05) is 99.3 Å². The maximum absolute atomic E-state index is 13.5. The van der Waals surface area contributed by atoms with Crippen LogP contribution in [0.1, 0.15) is 39.4 Å². The van der Waals surface area contributed by atoms with E-state index in [0.717, 1.165) is 33.4 Å². The molecule has 36 heavy (non-hydrogen) atoms. The number of carbonyl (C=O) groups is 1. The topological polar surface area (TPSA) is 69.7 Å². The lowest BCUT2D eigenvalue weighted by Gasteiger charge is -2.34. The minimum absolute atomic E-state index is 0.0787. The van der Waals surface area contributed by atoms with Crippen LogP contribution in [0.15, 0.2) is 71.6 Å². The molecule has 6 nitrogen and oxygen atoms in total. The molecule has 7 heteroatoms. The smallest absolute Gasteiger partial charge is 0.243 e. The number of amides is 1. The molecule has 4 rings (SSSR count). The highest BCUT2D eigenvalue weighted by molar-refractivity contribution is 7.89. The van der Waals surface area contributed by atoms with Gasteiger partial charge in [0.05, 0.1) is 17.5 Å². The van der Waals surface area contributed by atoms with Gasteiger partial charge >= 0.3 is 0 Å². The number of sulfonamides is 1. The quantitative estimate of drug-likeness (QED) is 0.524. The van der Waals surface area contributed by atoms with Crippen LogP contribution in [-0.2, 0) is 14.8 Å². The van der Waals surface area contributed by atoms with Crippen molar-refractivity contribution in [2.24, 2.45) is 0 Å². The first-order valence-corrected chi connectivity index (χ1v) is 13.8.